The number of guanidine groups is 1. The van der Waals surface area contributed by atoms with Gasteiger partial charge in [0, 0.05) is 45.5 Å². The van der Waals surface area contributed by atoms with E-state index in [1.165, 1.54) is 5.69 Å². The molecule has 1 aliphatic heterocycles. The van der Waals surface area contributed by atoms with Crippen molar-refractivity contribution in [1.82, 2.24) is 20.0 Å². The summed E-state index contributed by atoms with van der Waals surface area (Å²) in [6.07, 6.45) is 3.62. The fraction of sp³-hybridized carbons (Fsp3) is 0.765. The molecule has 0 aliphatic carbocycles. The van der Waals surface area contributed by atoms with Gasteiger partial charge in [0.2, 0.25) is 0 Å². The highest BCUT2D eigenvalue weighted by Gasteiger charge is 2.21. The fourth-order valence-electron chi connectivity index (χ4n) is 3.13. The number of aromatic nitrogens is 2. The molecule has 0 aromatic carbocycles. The van der Waals surface area contributed by atoms with Crippen molar-refractivity contribution in [1.29, 1.82) is 0 Å². The number of likely N-dealkylation sites (tertiary alicyclic amines) is 1. The molecule has 0 unspecified atom stereocenters. The van der Waals surface area contributed by atoms with Gasteiger partial charge in [-0.05, 0) is 46.1 Å². The summed E-state index contributed by atoms with van der Waals surface area (Å²) in [5.74, 6) is 1.01. The van der Waals surface area contributed by atoms with Gasteiger partial charge in [-0.2, -0.15) is 5.10 Å². The summed E-state index contributed by atoms with van der Waals surface area (Å²) >= 11 is 0. The van der Waals surface area contributed by atoms with E-state index in [0.717, 1.165) is 63.7 Å². The van der Waals surface area contributed by atoms with Crippen LogP contribution in [0.3, 0.4) is 0 Å². The lowest BCUT2D eigenvalue weighted by Crippen LogP contribution is -2.47. The Kier molecular flexibility index (Phi) is 6.89. The van der Waals surface area contributed by atoms with E-state index >= 15 is 0 Å². The Morgan fingerprint density at radius 3 is 2.70 bits per heavy atom. The van der Waals surface area contributed by atoms with E-state index in [1.807, 2.05) is 14.0 Å². The average Bonchev–Trinajstić information content (AvgIpc) is 2.86. The van der Waals surface area contributed by atoms with E-state index in [-0.39, 0.29) is 0 Å². The number of hydrogen-bond donors (Lipinski definition) is 1. The second-order valence-electron chi connectivity index (χ2n) is 6.12. The van der Waals surface area contributed by atoms with Crippen LogP contribution in [-0.2, 0) is 11.3 Å². The third kappa shape index (κ3) is 5.23. The lowest BCUT2D eigenvalue weighted by molar-refractivity contribution is 0.0264. The molecule has 0 saturated carbocycles. The Bertz CT molecular complexity index is 503. The molecule has 6 nitrogen and oxygen atoms in total. The molecule has 2 rings (SSSR count). The molecular formula is C17H31N5O. The molecule has 2 heterocycles. The summed E-state index contributed by atoms with van der Waals surface area (Å²) in [6.45, 7) is 10.9. The van der Waals surface area contributed by atoms with Gasteiger partial charge in [0.05, 0.1) is 11.8 Å². The van der Waals surface area contributed by atoms with Crippen LogP contribution in [0, 0.1) is 13.8 Å². The molecule has 6 heteroatoms. The summed E-state index contributed by atoms with van der Waals surface area (Å²) in [4.78, 5) is 6.75. The fourth-order valence-corrected chi connectivity index (χ4v) is 3.13. The maximum absolute atomic E-state index is 5.71. The molecule has 1 N–H and O–H groups in total. The first kappa shape index (κ1) is 17.8. The normalized spacial score (nSPS) is 16.9. The molecule has 130 valence electrons. The molecule has 0 bridgehead atoms. The molecule has 1 fully saturated rings. The average molecular weight is 321 g/mol. The zero-order valence-corrected chi connectivity index (χ0v) is 15.0. The van der Waals surface area contributed by atoms with Crippen molar-refractivity contribution in [2.75, 3.05) is 33.3 Å². The Hall–Kier alpha value is -1.56. The van der Waals surface area contributed by atoms with E-state index < -0.39 is 0 Å². The van der Waals surface area contributed by atoms with Gasteiger partial charge in [0.1, 0.15) is 0 Å². The number of aryl methyl sites for hydroxylation is 3. The standard InChI is InChI=1S/C17H31N5O/c1-5-23-16-7-11-21(12-8-16)17(18-4)19-9-6-10-22-15(3)13-14(2)20-22/h13,16H,5-12H2,1-4H3,(H,18,19). The SMILES string of the molecule is CCOC1CCN(C(=NC)NCCCn2nc(C)cc2C)CC1. The molecule has 1 saturated heterocycles. The van der Waals surface area contributed by atoms with Crippen molar-refractivity contribution in [2.24, 2.45) is 4.99 Å². The second kappa shape index (κ2) is 8.91. The lowest BCUT2D eigenvalue weighted by Gasteiger charge is -2.34. The lowest BCUT2D eigenvalue weighted by atomic mass is 10.1. The quantitative estimate of drug-likeness (QED) is 0.494. The first-order valence-electron chi connectivity index (χ1n) is 8.72. The van der Waals surface area contributed by atoms with Crippen LogP contribution in [0.25, 0.3) is 0 Å². The molecular weight excluding hydrogens is 290 g/mol. The van der Waals surface area contributed by atoms with Gasteiger partial charge in [-0.25, -0.2) is 0 Å². The molecule has 23 heavy (non-hydrogen) atoms. The first-order valence-corrected chi connectivity index (χ1v) is 8.72. The van der Waals surface area contributed by atoms with Crippen molar-refractivity contribution < 1.29 is 4.74 Å². The van der Waals surface area contributed by atoms with Gasteiger partial charge in [0.15, 0.2) is 5.96 Å². The topological polar surface area (TPSA) is 54.7 Å². The molecule has 0 atom stereocenters. The molecule has 1 aliphatic rings. The van der Waals surface area contributed by atoms with E-state index in [1.54, 1.807) is 0 Å². The number of piperidine rings is 1. The van der Waals surface area contributed by atoms with Crippen LogP contribution in [0.5, 0.6) is 0 Å². The van der Waals surface area contributed by atoms with Gasteiger partial charge in [-0.1, -0.05) is 0 Å². The highest BCUT2D eigenvalue weighted by molar-refractivity contribution is 5.79. The number of aliphatic imine (C=N–C) groups is 1. The first-order chi connectivity index (χ1) is 11.1. The van der Waals surface area contributed by atoms with Crippen LogP contribution in [0.2, 0.25) is 0 Å². The Morgan fingerprint density at radius 2 is 2.13 bits per heavy atom. The number of rotatable bonds is 6. The van der Waals surface area contributed by atoms with Crippen molar-refractivity contribution in [3.8, 4) is 0 Å². The van der Waals surface area contributed by atoms with Crippen LogP contribution in [0.1, 0.15) is 37.6 Å². The second-order valence-corrected chi connectivity index (χ2v) is 6.12. The van der Waals surface area contributed by atoms with Crippen molar-refractivity contribution in [2.45, 2.75) is 52.7 Å². The molecule has 0 radical (unpaired) electrons. The van der Waals surface area contributed by atoms with E-state index in [0.29, 0.717) is 6.10 Å². The maximum Gasteiger partial charge on any atom is 0.193 e. The monoisotopic (exact) mass is 321 g/mol. The summed E-state index contributed by atoms with van der Waals surface area (Å²) in [6, 6.07) is 2.12. The number of nitrogens with one attached hydrogen (secondary N) is 1. The third-order valence-electron chi connectivity index (χ3n) is 4.29. The Balaban J connectivity index is 1.70. The van der Waals surface area contributed by atoms with E-state index in [2.05, 4.69) is 44.9 Å². The Morgan fingerprint density at radius 1 is 1.39 bits per heavy atom. The van der Waals surface area contributed by atoms with Gasteiger partial charge >= 0.3 is 0 Å². The van der Waals surface area contributed by atoms with Gasteiger partial charge in [-0.3, -0.25) is 9.67 Å². The van der Waals surface area contributed by atoms with Crippen LogP contribution >= 0.6 is 0 Å². The van der Waals surface area contributed by atoms with Gasteiger partial charge in [0.25, 0.3) is 0 Å². The molecule has 1 aromatic rings. The predicted octanol–water partition coefficient (Wildman–Crippen LogP) is 1.97. The third-order valence-corrected chi connectivity index (χ3v) is 4.29. The molecule has 1 aromatic heterocycles. The van der Waals surface area contributed by atoms with E-state index in [4.69, 9.17) is 4.74 Å². The smallest absolute Gasteiger partial charge is 0.193 e. The number of hydrogen-bond acceptors (Lipinski definition) is 3. The summed E-state index contributed by atoms with van der Waals surface area (Å²) in [5, 5.41) is 7.97. The van der Waals surface area contributed by atoms with Gasteiger partial charge in [-0.15, -0.1) is 0 Å². The summed E-state index contributed by atoms with van der Waals surface area (Å²) in [7, 11) is 1.86. The van der Waals surface area contributed by atoms with E-state index in [9.17, 15) is 0 Å². The number of nitrogens with zero attached hydrogens (tertiary/aromatic N) is 4. The van der Waals surface area contributed by atoms with Crippen LogP contribution < -0.4 is 5.32 Å². The number of ether oxygens (including phenoxy) is 1. The zero-order valence-electron chi connectivity index (χ0n) is 15.0. The summed E-state index contributed by atoms with van der Waals surface area (Å²) < 4.78 is 7.79. The minimum absolute atomic E-state index is 0.417. The minimum atomic E-state index is 0.417. The van der Waals surface area contributed by atoms with Crippen LogP contribution in [0.15, 0.2) is 11.1 Å². The maximum atomic E-state index is 5.71. The van der Waals surface area contributed by atoms with Crippen LogP contribution in [0.4, 0.5) is 0 Å². The van der Waals surface area contributed by atoms with Crippen molar-refractivity contribution >= 4 is 5.96 Å². The largest absolute Gasteiger partial charge is 0.378 e. The van der Waals surface area contributed by atoms with Gasteiger partial charge < -0.3 is 15.0 Å². The highest BCUT2D eigenvalue weighted by atomic mass is 16.5. The Labute approximate surface area is 139 Å². The minimum Gasteiger partial charge on any atom is -0.378 e. The zero-order chi connectivity index (χ0) is 16.7. The van der Waals surface area contributed by atoms with Crippen LogP contribution in [-0.4, -0.2) is 60.0 Å². The highest BCUT2D eigenvalue weighted by Crippen LogP contribution is 2.13. The predicted molar refractivity (Wildman–Crippen MR) is 93.9 cm³/mol. The summed E-state index contributed by atoms with van der Waals surface area (Å²) in [5.41, 5.74) is 2.31. The molecule has 0 spiro atoms. The van der Waals surface area contributed by atoms with Crippen molar-refractivity contribution in [3.05, 3.63) is 17.5 Å². The van der Waals surface area contributed by atoms with Crippen molar-refractivity contribution in [3.63, 3.8) is 0 Å². The molecule has 0 amide bonds.